The fourth-order valence-electron chi connectivity index (χ4n) is 1.80. The number of carbonyl (C=O) groups is 1. The minimum Gasteiger partial charge on any atom is -0.389 e. The lowest BCUT2D eigenvalue weighted by atomic mass is 10.1. The van der Waals surface area contributed by atoms with Crippen molar-refractivity contribution in [2.45, 2.75) is 13.0 Å². The molecule has 21 heavy (non-hydrogen) atoms. The van der Waals surface area contributed by atoms with Crippen molar-refractivity contribution in [3.05, 3.63) is 59.7 Å². The Balaban J connectivity index is 1.99. The predicted molar refractivity (Wildman–Crippen MR) is 80.9 cm³/mol. The van der Waals surface area contributed by atoms with Crippen molar-refractivity contribution < 1.29 is 9.90 Å². The lowest BCUT2D eigenvalue weighted by molar-refractivity contribution is 0.199. The minimum atomic E-state index is -0.540. The molecule has 0 bridgehead atoms. The fraction of sp³-hybridized carbons (Fsp3) is 0.125. The average Bonchev–Trinajstić information content (AvgIpc) is 2.47. The number of nitriles is 1. The minimum absolute atomic E-state index is 0.394. The maximum Gasteiger partial charge on any atom is 0.323 e. The molecule has 1 atom stereocenters. The van der Waals surface area contributed by atoms with Crippen LogP contribution in [0.1, 0.15) is 24.2 Å². The van der Waals surface area contributed by atoms with Gasteiger partial charge >= 0.3 is 6.03 Å². The van der Waals surface area contributed by atoms with E-state index in [1.807, 2.05) is 6.07 Å². The van der Waals surface area contributed by atoms with Crippen LogP contribution in [0.4, 0.5) is 16.2 Å². The molecule has 0 radical (unpaired) electrons. The number of rotatable bonds is 3. The van der Waals surface area contributed by atoms with E-state index in [1.165, 1.54) is 0 Å². The molecule has 0 aromatic heterocycles. The second-order valence-corrected chi connectivity index (χ2v) is 4.57. The quantitative estimate of drug-likeness (QED) is 0.807. The first-order valence-electron chi connectivity index (χ1n) is 6.44. The molecule has 0 saturated carbocycles. The number of nitrogens with zero attached hydrogens (tertiary/aromatic N) is 1. The summed E-state index contributed by atoms with van der Waals surface area (Å²) in [6, 6.07) is 15.2. The average molecular weight is 281 g/mol. The van der Waals surface area contributed by atoms with Gasteiger partial charge < -0.3 is 15.7 Å². The van der Waals surface area contributed by atoms with Gasteiger partial charge in [-0.05, 0) is 42.8 Å². The largest absolute Gasteiger partial charge is 0.389 e. The fourth-order valence-corrected chi connectivity index (χ4v) is 1.80. The number of anilines is 2. The Labute approximate surface area is 122 Å². The number of hydrogen-bond donors (Lipinski definition) is 3. The Kier molecular flexibility index (Phi) is 4.54. The van der Waals surface area contributed by atoms with Crippen LogP contribution in [0, 0.1) is 11.3 Å². The predicted octanol–water partition coefficient (Wildman–Crippen LogP) is 3.26. The molecule has 0 aliphatic rings. The van der Waals surface area contributed by atoms with E-state index in [2.05, 4.69) is 10.6 Å². The lowest BCUT2D eigenvalue weighted by Crippen LogP contribution is -2.19. The van der Waals surface area contributed by atoms with Crippen LogP contribution < -0.4 is 10.6 Å². The van der Waals surface area contributed by atoms with Crippen molar-refractivity contribution in [3.8, 4) is 6.07 Å². The molecule has 106 valence electrons. The molecule has 3 N–H and O–H groups in total. The molecular weight excluding hydrogens is 266 g/mol. The summed E-state index contributed by atoms with van der Waals surface area (Å²) in [5.41, 5.74) is 2.43. The van der Waals surface area contributed by atoms with Crippen molar-refractivity contribution in [1.82, 2.24) is 0 Å². The van der Waals surface area contributed by atoms with Crippen LogP contribution in [0.5, 0.6) is 0 Å². The summed E-state index contributed by atoms with van der Waals surface area (Å²) in [7, 11) is 0. The normalized spacial score (nSPS) is 11.3. The van der Waals surface area contributed by atoms with E-state index < -0.39 is 12.1 Å². The van der Waals surface area contributed by atoms with Gasteiger partial charge in [-0.25, -0.2) is 4.79 Å². The van der Waals surface area contributed by atoms with Gasteiger partial charge in [0.25, 0.3) is 0 Å². The molecule has 0 spiro atoms. The summed E-state index contributed by atoms with van der Waals surface area (Å²) < 4.78 is 0. The Bertz CT molecular complexity index is 673. The van der Waals surface area contributed by atoms with Crippen LogP contribution in [0.2, 0.25) is 0 Å². The standard InChI is InChI=1S/C16H15N3O2/c1-11(20)13-5-7-14(8-6-13)18-16(21)19-15-4-2-3-12(9-15)10-17/h2-9,11,20H,1H3,(H2,18,19,21). The third kappa shape index (κ3) is 4.06. The van der Waals surface area contributed by atoms with E-state index in [1.54, 1.807) is 55.5 Å². The molecule has 2 rings (SSSR count). The van der Waals surface area contributed by atoms with Crippen LogP contribution in [0.3, 0.4) is 0 Å². The highest BCUT2D eigenvalue weighted by Gasteiger charge is 2.04. The number of carbonyl (C=O) groups excluding carboxylic acids is 1. The molecule has 0 aliphatic heterocycles. The summed E-state index contributed by atoms with van der Waals surface area (Å²) in [6.45, 7) is 1.68. The highest BCUT2D eigenvalue weighted by Crippen LogP contribution is 2.16. The van der Waals surface area contributed by atoms with Gasteiger partial charge in [0, 0.05) is 11.4 Å². The molecule has 2 amide bonds. The lowest BCUT2D eigenvalue weighted by Gasteiger charge is -2.09. The third-order valence-corrected chi connectivity index (χ3v) is 2.90. The zero-order valence-corrected chi connectivity index (χ0v) is 11.5. The molecule has 0 aliphatic carbocycles. The van der Waals surface area contributed by atoms with Gasteiger partial charge in [-0.15, -0.1) is 0 Å². The SMILES string of the molecule is CC(O)c1ccc(NC(=O)Nc2cccc(C#N)c2)cc1. The molecule has 0 saturated heterocycles. The highest BCUT2D eigenvalue weighted by atomic mass is 16.3. The first kappa shape index (κ1) is 14.6. The molecule has 0 heterocycles. The third-order valence-electron chi connectivity index (χ3n) is 2.90. The van der Waals surface area contributed by atoms with Gasteiger partial charge in [-0.1, -0.05) is 18.2 Å². The summed E-state index contributed by atoms with van der Waals surface area (Å²) in [6.07, 6.45) is -0.540. The Morgan fingerprint density at radius 1 is 1.14 bits per heavy atom. The van der Waals surface area contributed by atoms with Gasteiger partial charge in [-0.3, -0.25) is 0 Å². The first-order chi connectivity index (χ1) is 10.1. The summed E-state index contributed by atoms with van der Waals surface area (Å²) >= 11 is 0. The van der Waals surface area contributed by atoms with Crippen LogP contribution >= 0.6 is 0 Å². The van der Waals surface area contributed by atoms with Gasteiger partial charge in [0.1, 0.15) is 0 Å². The summed E-state index contributed by atoms with van der Waals surface area (Å²) in [5, 5.41) is 23.5. The van der Waals surface area contributed by atoms with E-state index in [-0.39, 0.29) is 0 Å². The second kappa shape index (κ2) is 6.55. The smallest absolute Gasteiger partial charge is 0.323 e. The van der Waals surface area contributed by atoms with Crippen molar-refractivity contribution in [1.29, 1.82) is 5.26 Å². The van der Waals surface area contributed by atoms with E-state index in [0.717, 1.165) is 5.56 Å². The topological polar surface area (TPSA) is 85.2 Å². The molecule has 5 heteroatoms. The Morgan fingerprint density at radius 2 is 1.81 bits per heavy atom. The van der Waals surface area contributed by atoms with Crippen LogP contribution in [-0.2, 0) is 0 Å². The maximum atomic E-state index is 11.8. The van der Waals surface area contributed by atoms with Gasteiger partial charge in [0.05, 0.1) is 17.7 Å². The number of urea groups is 1. The first-order valence-corrected chi connectivity index (χ1v) is 6.44. The van der Waals surface area contributed by atoms with Crippen molar-refractivity contribution in [2.24, 2.45) is 0 Å². The van der Waals surface area contributed by atoms with Crippen LogP contribution in [0.15, 0.2) is 48.5 Å². The van der Waals surface area contributed by atoms with Gasteiger partial charge in [0.2, 0.25) is 0 Å². The van der Waals surface area contributed by atoms with Crippen molar-refractivity contribution >= 4 is 17.4 Å². The van der Waals surface area contributed by atoms with Gasteiger partial charge in [-0.2, -0.15) is 5.26 Å². The molecule has 1 unspecified atom stereocenters. The maximum absolute atomic E-state index is 11.8. The van der Waals surface area contributed by atoms with E-state index >= 15 is 0 Å². The number of benzene rings is 2. The summed E-state index contributed by atoms with van der Waals surface area (Å²) in [5.74, 6) is 0. The van der Waals surface area contributed by atoms with Crippen molar-refractivity contribution in [2.75, 3.05) is 10.6 Å². The van der Waals surface area contributed by atoms with E-state index in [4.69, 9.17) is 5.26 Å². The zero-order valence-electron chi connectivity index (χ0n) is 11.5. The number of nitrogens with one attached hydrogen (secondary N) is 2. The second-order valence-electron chi connectivity index (χ2n) is 4.57. The van der Waals surface area contributed by atoms with Crippen LogP contribution in [0.25, 0.3) is 0 Å². The van der Waals surface area contributed by atoms with Crippen LogP contribution in [-0.4, -0.2) is 11.1 Å². The number of aliphatic hydroxyl groups is 1. The van der Waals surface area contributed by atoms with Gasteiger partial charge in [0.15, 0.2) is 0 Å². The highest BCUT2D eigenvalue weighted by molar-refractivity contribution is 5.99. The van der Waals surface area contributed by atoms with Crippen molar-refractivity contribution in [3.63, 3.8) is 0 Å². The molecule has 2 aromatic rings. The van der Waals surface area contributed by atoms with E-state index in [0.29, 0.717) is 16.9 Å². The molecule has 2 aromatic carbocycles. The molecular formula is C16H15N3O2. The number of aliphatic hydroxyl groups excluding tert-OH is 1. The molecule has 5 nitrogen and oxygen atoms in total. The summed E-state index contributed by atoms with van der Waals surface area (Å²) in [4.78, 5) is 11.8. The van der Waals surface area contributed by atoms with E-state index in [9.17, 15) is 9.90 Å². The molecule has 0 fully saturated rings. The monoisotopic (exact) mass is 281 g/mol. The number of amides is 2. The Morgan fingerprint density at radius 3 is 2.43 bits per heavy atom. The number of hydrogen-bond acceptors (Lipinski definition) is 3. The Hall–Kier alpha value is -2.84. The zero-order chi connectivity index (χ0) is 15.2.